The number of sulfonamides is 1. The Labute approximate surface area is 182 Å². The maximum absolute atomic E-state index is 13.4. The van der Waals surface area contributed by atoms with Crippen molar-refractivity contribution < 1.29 is 32.2 Å². The van der Waals surface area contributed by atoms with Crippen LogP contribution in [0.25, 0.3) is 0 Å². The minimum Gasteiger partial charge on any atom is -0.494 e. The first-order valence-corrected chi connectivity index (χ1v) is 11.4. The van der Waals surface area contributed by atoms with E-state index in [0.717, 1.165) is 4.31 Å². The van der Waals surface area contributed by atoms with E-state index in [1.807, 2.05) is 6.92 Å². The first-order valence-electron chi connectivity index (χ1n) is 9.93. The Morgan fingerprint density at radius 1 is 0.903 bits per heavy atom. The van der Waals surface area contributed by atoms with Gasteiger partial charge in [-0.05, 0) is 75.7 Å². The van der Waals surface area contributed by atoms with Crippen molar-refractivity contribution in [3.05, 3.63) is 53.6 Å². The van der Waals surface area contributed by atoms with Crippen molar-refractivity contribution in [1.82, 2.24) is 0 Å². The second-order valence-corrected chi connectivity index (χ2v) is 8.31. The summed E-state index contributed by atoms with van der Waals surface area (Å²) in [6.45, 7) is 7.11. The summed E-state index contributed by atoms with van der Waals surface area (Å²) >= 11 is 0. The van der Waals surface area contributed by atoms with Crippen LogP contribution in [0.4, 0.5) is 5.69 Å². The molecule has 31 heavy (non-hydrogen) atoms. The van der Waals surface area contributed by atoms with Crippen LogP contribution in [0.15, 0.2) is 47.4 Å². The third-order valence-corrected chi connectivity index (χ3v) is 6.05. The second-order valence-electron chi connectivity index (χ2n) is 6.44. The SMILES string of the molecule is CCOC(=O)CN(c1ccc(C(=O)OCC)cc1C)S(=O)(=O)c1ccc(OCC)cc1. The van der Waals surface area contributed by atoms with Crippen LogP contribution in [-0.4, -0.2) is 46.7 Å². The van der Waals surface area contributed by atoms with Gasteiger partial charge in [-0.1, -0.05) is 0 Å². The van der Waals surface area contributed by atoms with Crippen LogP contribution >= 0.6 is 0 Å². The Morgan fingerprint density at radius 2 is 1.55 bits per heavy atom. The summed E-state index contributed by atoms with van der Waals surface area (Å²) in [5, 5.41) is 0. The number of hydrogen-bond acceptors (Lipinski definition) is 7. The number of rotatable bonds is 10. The lowest BCUT2D eigenvalue weighted by Crippen LogP contribution is -2.37. The van der Waals surface area contributed by atoms with Gasteiger partial charge in [-0.15, -0.1) is 0 Å². The fraction of sp³-hybridized carbons (Fsp3) is 0.364. The van der Waals surface area contributed by atoms with E-state index in [4.69, 9.17) is 14.2 Å². The molecule has 8 nitrogen and oxygen atoms in total. The van der Waals surface area contributed by atoms with Gasteiger partial charge in [0.1, 0.15) is 12.3 Å². The normalized spacial score (nSPS) is 11.0. The summed E-state index contributed by atoms with van der Waals surface area (Å²) in [6, 6.07) is 10.4. The first-order chi connectivity index (χ1) is 14.7. The molecule has 0 saturated carbocycles. The lowest BCUT2D eigenvalue weighted by atomic mass is 10.1. The highest BCUT2D eigenvalue weighted by Crippen LogP contribution is 2.29. The van der Waals surface area contributed by atoms with Crippen LogP contribution < -0.4 is 9.04 Å². The molecule has 2 aromatic carbocycles. The molecule has 2 rings (SSSR count). The highest BCUT2D eigenvalue weighted by molar-refractivity contribution is 7.92. The Morgan fingerprint density at radius 3 is 2.10 bits per heavy atom. The molecule has 0 radical (unpaired) electrons. The van der Waals surface area contributed by atoms with Gasteiger partial charge in [-0.25, -0.2) is 13.2 Å². The summed E-state index contributed by atoms with van der Waals surface area (Å²) in [5.74, 6) is -0.664. The molecule has 0 N–H and O–H groups in total. The van der Waals surface area contributed by atoms with Crippen LogP contribution in [0.2, 0.25) is 0 Å². The van der Waals surface area contributed by atoms with E-state index < -0.39 is 28.5 Å². The summed E-state index contributed by atoms with van der Waals surface area (Å²) < 4.78 is 43.1. The average molecular weight is 450 g/mol. The Balaban J connectivity index is 2.49. The highest BCUT2D eigenvalue weighted by Gasteiger charge is 2.29. The average Bonchev–Trinajstić information content (AvgIpc) is 2.73. The van der Waals surface area contributed by atoms with Gasteiger partial charge >= 0.3 is 11.9 Å². The summed E-state index contributed by atoms with van der Waals surface area (Å²) in [7, 11) is -4.10. The quantitative estimate of drug-likeness (QED) is 0.513. The largest absolute Gasteiger partial charge is 0.494 e. The third-order valence-electron chi connectivity index (χ3n) is 4.28. The molecular formula is C22H27NO7S. The number of nitrogens with zero attached hydrogens (tertiary/aromatic N) is 1. The molecule has 0 aliphatic rings. The van der Waals surface area contributed by atoms with Gasteiger partial charge in [-0.3, -0.25) is 9.10 Å². The molecule has 0 spiro atoms. The third kappa shape index (κ3) is 5.97. The predicted octanol–water partition coefficient (Wildman–Crippen LogP) is 3.33. The fourth-order valence-corrected chi connectivity index (χ4v) is 4.38. The summed E-state index contributed by atoms with van der Waals surface area (Å²) in [4.78, 5) is 24.2. The van der Waals surface area contributed by atoms with Crippen LogP contribution in [0.5, 0.6) is 5.75 Å². The number of benzene rings is 2. The van der Waals surface area contributed by atoms with E-state index in [-0.39, 0.29) is 29.4 Å². The standard InChI is InChI=1S/C22H27NO7S/c1-5-28-18-9-11-19(12-10-18)31(26,27)23(15-21(24)29-6-2)20-13-8-17(14-16(20)4)22(25)30-7-3/h8-14H,5-7,15H2,1-4H3. The summed E-state index contributed by atoms with van der Waals surface area (Å²) in [5.41, 5.74) is 1.04. The fourth-order valence-electron chi connectivity index (χ4n) is 2.90. The van der Waals surface area contributed by atoms with Crippen LogP contribution in [-0.2, 0) is 24.3 Å². The Hall–Kier alpha value is -3.07. The molecule has 0 aliphatic carbocycles. The van der Waals surface area contributed by atoms with E-state index in [1.165, 1.54) is 30.3 Å². The molecule has 9 heteroatoms. The topological polar surface area (TPSA) is 99.2 Å². The Kier molecular flexibility index (Phi) is 8.44. The van der Waals surface area contributed by atoms with Gasteiger partial charge in [0.25, 0.3) is 10.0 Å². The number of aryl methyl sites for hydroxylation is 1. The smallest absolute Gasteiger partial charge is 0.338 e. The summed E-state index contributed by atoms with van der Waals surface area (Å²) in [6.07, 6.45) is 0. The molecule has 0 bridgehead atoms. The van der Waals surface area contributed by atoms with Crippen molar-refractivity contribution >= 4 is 27.6 Å². The second kappa shape index (κ2) is 10.8. The van der Waals surface area contributed by atoms with Gasteiger partial charge in [0.2, 0.25) is 0 Å². The van der Waals surface area contributed by atoms with Crippen LogP contribution in [0.3, 0.4) is 0 Å². The van der Waals surface area contributed by atoms with Gasteiger partial charge in [0.15, 0.2) is 0 Å². The molecule has 2 aromatic rings. The van der Waals surface area contributed by atoms with Crippen molar-refractivity contribution in [2.24, 2.45) is 0 Å². The van der Waals surface area contributed by atoms with Gasteiger partial charge in [-0.2, -0.15) is 0 Å². The molecule has 0 aliphatic heterocycles. The molecule has 0 unspecified atom stereocenters. The number of hydrogen-bond donors (Lipinski definition) is 0. The zero-order valence-corrected chi connectivity index (χ0v) is 18.9. The van der Waals surface area contributed by atoms with Crippen LogP contribution in [0.1, 0.15) is 36.7 Å². The molecular weight excluding hydrogens is 422 g/mol. The van der Waals surface area contributed by atoms with E-state index in [2.05, 4.69) is 0 Å². The van der Waals surface area contributed by atoms with E-state index in [0.29, 0.717) is 17.9 Å². The van der Waals surface area contributed by atoms with Crippen molar-refractivity contribution in [1.29, 1.82) is 0 Å². The Bertz CT molecular complexity index is 1020. The number of carbonyl (C=O) groups is 2. The van der Waals surface area contributed by atoms with Crippen molar-refractivity contribution in [3.63, 3.8) is 0 Å². The molecule has 0 atom stereocenters. The lowest BCUT2D eigenvalue weighted by molar-refractivity contribution is -0.141. The zero-order valence-electron chi connectivity index (χ0n) is 18.1. The number of esters is 2. The van der Waals surface area contributed by atoms with E-state index >= 15 is 0 Å². The monoisotopic (exact) mass is 449 g/mol. The number of anilines is 1. The zero-order chi connectivity index (χ0) is 23.0. The lowest BCUT2D eigenvalue weighted by Gasteiger charge is -2.25. The molecule has 0 saturated heterocycles. The minimum atomic E-state index is -4.10. The maximum Gasteiger partial charge on any atom is 0.338 e. The van der Waals surface area contributed by atoms with E-state index in [1.54, 1.807) is 32.9 Å². The maximum atomic E-state index is 13.4. The van der Waals surface area contributed by atoms with Gasteiger partial charge in [0, 0.05) is 0 Å². The minimum absolute atomic E-state index is 0.00544. The van der Waals surface area contributed by atoms with E-state index in [9.17, 15) is 18.0 Å². The van der Waals surface area contributed by atoms with Crippen molar-refractivity contribution in [2.75, 3.05) is 30.7 Å². The van der Waals surface area contributed by atoms with Gasteiger partial charge < -0.3 is 14.2 Å². The molecule has 168 valence electrons. The van der Waals surface area contributed by atoms with Gasteiger partial charge in [0.05, 0.1) is 36.0 Å². The molecule has 0 heterocycles. The molecule has 0 fully saturated rings. The highest BCUT2D eigenvalue weighted by atomic mass is 32.2. The first kappa shape index (κ1) is 24.2. The predicted molar refractivity (Wildman–Crippen MR) is 116 cm³/mol. The van der Waals surface area contributed by atoms with Crippen LogP contribution in [0, 0.1) is 6.92 Å². The van der Waals surface area contributed by atoms with Crippen molar-refractivity contribution in [2.45, 2.75) is 32.6 Å². The van der Waals surface area contributed by atoms with Crippen molar-refractivity contribution in [3.8, 4) is 5.75 Å². The number of carbonyl (C=O) groups excluding carboxylic acids is 2. The number of ether oxygens (including phenoxy) is 3. The molecule has 0 aromatic heterocycles. The molecule has 0 amide bonds.